The van der Waals surface area contributed by atoms with Crippen molar-refractivity contribution in [2.24, 2.45) is 0 Å². The smallest absolute Gasteiger partial charge is 0.232 e. The lowest BCUT2D eigenvalue weighted by atomic mass is 9.89. The van der Waals surface area contributed by atoms with E-state index in [1.807, 2.05) is 31.2 Å². The molecule has 31 heavy (non-hydrogen) atoms. The second-order valence-corrected chi connectivity index (χ2v) is 10.4. The number of carbonyl (C=O) groups is 1. The molecule has 0 aromatic heterocycles. The molecule has 0 saturated carbocycles. The average molecular weight is 443 g/mol. The Morgan fingerprint density at radius 3 is 2.39 bits per heavy atom. The Bertz CT molecular complexity index is 1000. The summed E-state index contributed by atoms with van der Waals surface area (Å²) >= 11 is 0. The summed E-state index contributed by atoms with van der Waals surface area (Å²) in [5, 5.41) is 3.06. The molecular formula is C25H34N2O3S. The summed E-state index contributed by atoms with van der Waals surface area (Å²) < 4.78 is 25.9. The van der Waals surface area contributed by atoms with Gasteiger partial charge in [-0.1, -0.05) is 37.3 Å². The van der Waals surface area contributed by atoms with E-state index in [0.29, 0.717) is 12.1 Å². The van der Waals surface area contributed by atoms with Crippen molar-refractivity contribution in [3.8, 4) is 0 Å². The van der Waals surface area contributed by atoms with Gasteiger partial charge in [-0.3, -0.25) is 9.10 Å². The van der Waals surface area contributed by atoms with Crippen molar-refractivity contribution in [3.05, 3.63) is 64.7 Å². The lowest BCUT2D eigenvalue weighted by molar-refractivity contribution is -0.121. The summed E-state index contributed by atoms with van der Waals surface area (Å²) in [4.78, 5) is 12.5. The van der Waals surface area contributed by atoms with Crippen LogP contribution in [0.4, 0.5) is 5.69 Å². The summed E-state index contributed by atoms with van der Waals surface area (Å²) in [6.45, 7) is 4.35. The fourth-order valence-corrected chi connectivity index (χ4v) is 5.15. The number of fused-ring (bicyclic) bond motifs is 1. The maximum atomic E-state index is 12.5. The SMILES string of the molecule is CCc1ccc(N(CCCC(=O)NC(C)c2ccc3c(c2)CCCC3)S(C)(=O)=O)cc1. The van der Waals surface area contributed by atoms with E-state index in [1.54, 1.807) is 0 Å². The molecule has 2 aromatic rings. The van der Waals surface area contributed by atoms with Crippen LogP contribution in [0, 0.1) is 0 Å². The Hall–Kier alpha value is -2.34. The van der Waals surface area contributed by atoms with E-state index in [-0.39, 0.29) is 24.9 Å². The molecule has 0 bridgehead atoms. The minimum atomic E-state index is -3.41. The molecule has 1 atom stereocenters. The van der Waals surface area contributed by atoms with Gasteiger partial charge in [0.25, 0.3) is 0 Å². The predicted molar refractivity (Wildman–Crippen MR) is 127 cm³/mol. The van der Waals surface area contributed by atoms with Crippen LogP contribution in [-0.2, 0) is 34.1 Å². The highest BCUT2D eigenvalue weighted by molar-refractivity contribution is 7.92. The quantitative estimate of drug-likeness (QED) is 0.619. The van der Waals surface area contributed by atoms with Crippen molar-refractivity contribution in [2.75, 3.05) is 17.1 Å². The van der Waals surface area contributed by atoms with E-state index in [4.69, 9.17) is 0 Å². The molecule has 1 aliphatic carbocycles. The van der Waals surface area contributed by atoms with Crippen molar-refractivity contribution >= 4 is 21.6 Å². The van der Waals surface area contributed by atoms with E-state index >= 15 is 0 Å². The van der Waals surface area contributed by atoms with E-state index in [0.717, 1.165) is 30.4 Å². The average Bonchev–Trinajstić information content (AvgIpc) is 2.75. The Morgan fingerprint density at radius 1 is 1.06 bits per heavy atom. The number of benzene rings is 2. The third-order valence-electron chi connectivity index (χ3n) is 6.05. The van der Waals surface area contributed by atoms with E-state index in [2.05, 4.69) is 30.4 Å². The molecule has 0 aliphatic heterocycles. The molecule has 0 radical (unpaired) electrons. The first kappa shape index (κ1) is 23.3. The summed E-state index contributed by atoms with van der Waals surface area (Å²) in [6, 6.07) is 14.0. The number of nitrogens with zero attached hydrogens (tertiary/aromatic N) is 1. The van der Waals surface area contributed by atoms with Crippen LogP contribution >= 0.6 is 0 Å². The van der Waals surface area contributed by atoms with Crippen LogP contribution in [0.5, 0.6) is 0 Å². The van der Waals surface area contributed by atoms with Gasteiger partial charge in [-0.15, -0.1) is 0 Å². The number of carbonyl (C=O) groups excluding carboxylic acids is 1. The van der Waals surface area contributed by atoms with Crippen molar-refractivity contribution < 1.29 is 13.2 Å². The van der Waals surface area contributed by atoms with Gasteiger partial charge in [-0.2, -0.15) is 0 Å². The Balaban J connectivity index is 1.55. The van der Waals surface area contributed by atoms with Gasteiger partial charge < -0.3 is 5.32 Å². The van der Waals surface area contributed by atoms with Gasteiger partial charge in [0.2, 0.25) is 15.9 Å². The van der Waals surface area contributed by atoms with Gasteiger partial charge in [0.15, 0.2) is 0 Å². The van der Waals surface area contributed by atoms with E-state index in [9.17, 15) is 13.2 Å². The minimum absolute atomic E-state index is 0.0556. The Labute approximate surface area is 186 Å². The number of hydrogen-bond donors (Lipinski definition) is 1. The zero-order chi connectivity index (χ0) is 22.4. The lowest BCUT2D eigenvalue weighted by Gasteiger charge is -2.23. The number of anilines is 1. The van der Waals surface area contributed by atoms with Crippen molar-refractivity contribution in [2.45, 2.75) is 64.8 Å². The third kappa shape index (κ3) is 6.33. The van der Waals surface area contributed by atoms with Crippen LogP contribution in [0.15, 0.2) is 42.5 Å². The van der Waals surface area contributed by atoms with Gasteiger partial charge in [0, 0.05) is 13.0 Å². The molecule has 1 amide bonds. The highest BCUT2D eigenvalue weighted by atomic mass is 32.2. The maximum absolute atomic E-state index is 12.5. The van der Waals surface area contributed by atoms with Crippen molar-refractivity contribution in [1.82, 2.24) is 5.32 Å². The van der Waals surface area contributed by atoms with Gasteiger partial charge in [-0.05, 0) is 79.8 Å². The summed E-state index contributed by atoms with van der Waals surface area (Å²) in [5.41, 5.74) is 5.77. The van der Waals surface area contributed by atoms with Gasteiger partial charge >= 0.3 is 0 Å². The van der Waals surface area contributed by atoms with Gasteiger partial charge in [-0.25, -0.2) is 8.42 Å². The fourth-order valence-electron chi connectivity index (χ4n) is 4.19. The summed E-state index contributed by atoms with van der Waals surface area (Å²) in [6.07, 6.45) is 7.61. The van der Waals surface area contributed by atoms with Gasteiger partial charge in [0.05, 0.1) is 18.0 Å². The monoisotopic (exact) mass is 442 g/mol. The molecule has 3 rings (SSSR count). The maximum Gasteiger partial charge on any atom is 0.232 e. The molecule has 2 aromatic carbocycles. The summed E-state index contributed by atoms with van der Waals surface area (Å²) in [7, 11) is -3.41. The zero-order valence-electron chi connectivity index (χ0n) is 18.9. The topological polar surface area (TPSA) is 66.5 Å². The molecule has 0 heterocycles. The molecule has 1 N–H and O–H groups in total. The Kier molecular flexibility index (Phi) is 7.76. The van der Waals surface area contributed by atoms with Gasteiger partial charge in [0.1, 0.15) is 0 Å². The molecule has 5 nitrogen and oxygen atoms in total. The standard InChI is InChI=1S/C25H34N2O3S/c1-4-20-11-15-24(16-12-20)27(31(3,29)30)17-7-10-25(28)26-19(2)22-14-13-21-8-5-6-9-23(21)18-22/h11-16,18-19H,4-10,17H2,1-3H3,(H,26,28). The second kappa shape index (κ2) is 10.3. The molecule has 0 fully saturated rings. The van der Waals surface area contributed by atoms with Crippen molar-refractivity contribution in [3.63, 3.8) is 0 Å². The molecule has 1 aliphatic rings. The van der Waals surface area contributed by atoms with Crippen LogP contribution in [0.3, 0.4) is 0 Å². The molecule has 0 saturated heterocycles. The number of nitrogens with one attached hydrogen (secondary N) is 1. The van der Waals surface area contributed by atoms with E-state index in [1.165, 1.54) is 34.5 Å². The first-order valence-corrected chi connectivity index (χ1v) is 13.1. The predicted octanol–water partition coefficient (Wildman–Crippen LogP) is 4.55. The number of sulfonamides is 1. The first-order chi connectivity index (χ1) is 14.8. The highest BCUT2D eigenvalue weighted by Gasteiger charge is 2.18. The number of amides is 1. The lowest BCUT2D eigenvalue weighted by Crippen LogP contribution is -2.32. The number of hydrogen-bond acceptors (Lipinski definition) is 3. The highest BCUT2D eigenvalue weighted by Crippen LogP contribution is 2.25. The zero-order valence-corrected chi connectivity index (χ0v) is 19.7. The second-order valence-electron chi connectivity index (χ2n) is 8.48. The number of aryl methyl sites for hydroxylation is 3. The molecule has 1 unspecified atom stereocenters. The molecule has 6 heteroatoms. The van der Waals surface area contributed by atoms with E-state index < -0.39 is 10.0 Å². The van der Waals surface area contributed by atoms with Crippen LogP contribution in [-0.4, -0.2) is 27.1 Å². The van der Waals surface area contributed by atoms with Crippen molar-refractivity contribution in [1.29, 1.82) is 0 Å². The fraction of sp³-hybridized carbons (Fsp3) is 0.480. The molecular weight excluding hydrogens is 408 g/mol. The van der Waals surface area contributed by atoms with Crippen LogP contribution in [0.1, 0.15) is 67.8 Å². The third-order valence-corrected chi connectivity index (χ3v) is 7.24. The minimum Gasteiger partial charge on any atom is -0.350 e. The van der Waals surface area contributed by atoms with Crippen LogP contribution in [0.25, 0.3) is 0 Å². The molecule has 0 spiro atoms. The van der Waals surface area contributed by atoms with Crippen LogP contribution < -0.4 is 9.62 Å². The largest absolute Gasteiger partial charge is 0.350 e. The summed E-state index contributed by atoms with van der Waals surface area (Å²) in [5.74, 6) is -0.0556. The van der Waals surface area contributed by atoms with Crippen LogP contribution in [0.2, 0.25) is 0 Å². The Morgan fingerprint density at radius 2 is 1.74 bits per heavy atom. The first-order valence-electron chi connectivity index (χ1n) is 11.3. The molecule has 168 valence electrons. The number of rotatable bonds is 9. The normalized spacial score (nSPS) is 14.5.